The fourth-order valence-corrected chi connectivity index (χ4v) is 4.22. The van der Waals surface area contributed by atoms with Crippen LogP contribution in [0.3, 0.4) is 0 Å². The predicted octanol–water partition coefficient (Wildman–Crippen LogP) is 5.38. The van der Waals surface area contributed by atoms with Crippen LogP contribution in [0.15, 0.2) is 102 Å². The summed E-state index contributed by atoms with van der Waals surface area (Å²) in [5.41, 5.74) is 3.90. The summed E-state index contributed by atoms with van der Waals surface area (Å²) >= 11 is 0. The van der Waals surface area contributed by atoms with Crippen molar-refractivity contribution in [3.05, 3.63) is 130 Å². The lowest BCUT2D eigenvalue weighted by atomic mass is 10.1. The Morgan fingerprint density at radius 1 is 1.03 bits per heavy atom. The van der Waals surface area contributed by atoms with E-state index >= 15 is 0 Å². The van der Waals surface area contributed by atoms with E-state index in [1.165, 1.54) is 16.7 Å². The summed E-state index contributed by atoms with van der Waals surface area (Å²) in [5, 5.41) is 12.8. The Hall–Kier alpha value is -5.16. The molecule has 0 aliphatic heterocycles. The number of methoxy groups -OCH3 is 1. The Labute approximate surface area is 219 Å². The van der Waals surface area contributed by atoms with Crippen LogP contribution in [0.2, 0.25) is 0 Å². The molecule has 0 atom stereocenters. The van der Waals surface area contributed by atoms with Gasteiger partial charge in [-0.15, -0.1) is 0 Å². The Morgan fingerprint density at radius 2 is 1.79 bits per heavy atom. The van der Waals surface area contributed by atoms with Gasteiger partial charge in [-0.2, -0.15) is 5.26 Å². The van der Waals surface area contributed by atoms with Gasteiger partial charge in [-0.25, -0.2) is 14.2 Å². The third-order valence-corrected chi connectivity index (χ3v) is 6.21. The molecule has 0 aliphatic carbocycles. The first kappa shape index (κ1) is 24.5. The van der Waals surface area contributed by atoms with Gasteiger partial charge in [0.25, 0.3) is 0 Å². The van der Waals surface area contributed by atoms with Gasteiger partial charge in [-0.05, 0) is 65.7 Å². The third-order valence-electron chi connectivity index (χ3n) is 6.21. The number of benzene rings is 3. The number of aromatic nitrogens is 3. The standard InChI is InChI=1S/C30H24FN5O2/c1-38-27-12-6-21(7-13-27)18-34-29-16-22(14-15-33-29)28-20-35(19-24-5-3-2-4-23(24)17-32)30(37)36(28)26-10-8-25(31)9-11-26/h2-16,20H,18-19H2,1H3,(H,33,34). The number of nitrogens with zero attached hydrogens (tertiary/aromatic N) is 4. The van der Waals surface area contributed by atoms with E-state index < -0.39 is 0 Å². The summed E-state index contributed by atoms with van der Waals surface area (Å²) in [4.78, 5) is 18.0. The molecule has 0 fully saturated rings. The van der Waals surface area contributed by atoms with Gasteiger partial charge in [0.2, 0.25) is 0 Å². The van der Waals surface area contributed by atoms with Crippen LogP contribution in [0.25, 0.3) is 16.9 Å². The van der Waals surface area contributed by atoms with Crippen LogP contribution >= 0.6 is 0 Å². The molecule has 0 amide bonds. The van der Waals surface area contributed by atoms with Crippen LogP contribution in [0, 0.1) is 17.1 Å². The van der Waals surface area contributed by atoms with E-state index in [1.807, 2.05) is 48.5 Å². The van der Waals surface area contributed by atoms with Crippen molar-refractivity contribution >= 4 is 5.82 Å². The van der Waals surface area contributed by atoms with Gasteiger partial charge in [0.1, 0.15) is 17.4 Å². The molecule has 2 heterocycles. The van der Waals surface area contributed by atoms with Crippen molar-refractivity contribution in [2.75, 3.05) is 12.4 Å². The maximum Gasteiger partial charge on any atom is 0.333 e. The minimum absolute atomic E-state index is 0.220. The molecule has 3 aromatic carbocycles. The number of ether oxygens (including phenoxy) is 1. The van der Waals surface area contributed by atoms with Crippen LogP contribution in [0.4, 0.5) is 10.2 Å². The van der Waals surface area contributed by atoms with Crippen molar-refractivity contribution in [2.24, 2.45) is 0 Å². The summed E-state index contributed by atoms with van der Waals surface area (Å²) in [5.74, 6) is 1.04. The summed E-state index contributed by atoms with van der Waals surface area (Å²) in [6.45, 7) is 0.772. The number of nitrogens with one attached hydrogen (secondary N) is 1. The lowest BCUT2D eigenvalue weighted by Crippen LogP contribution is -2.24. The molecular weight excluding hydrogens is 481 g/mol. The lowest BCUT2D eigenvalue weighted by molar-refractivity contribution is 0.414. The summed E-state index contributed by atoms with van der Waals surface area (Å²) in [7, 11) is 1.63. The van der Waals surface area contributed by atoms with Gasteiger partial charge in [0.05, 0.1) is 36.7 Å². The molecule has 38 heavy (non-hydrogen) atoms. The molecular formula is C30H24FN5O2. The molecule has 8 heteroatoms. The minimum Gasteiger partial charge on any atom is -0.497 e. The topological polar surface area (TPSA) is 84.9 Å². The van der Waals surface area contributed by atoms with Gasteiger partial charge < -0.3 is 10.1 Å². The number of nitriles is 1. The summed E-state index contributed by atoms with van der Waals surface area (Å²) in [6.07, 6.45) is 3.43. The second-order valence-corrected chi connectivity index (χ2v) is 8.64. The molecule has 2 aromatic heterocycles. The first-order chi connectivity index (χ1) is 18.6. The second-order valence-electron chi connectivity index (χ2n) is 8.64. The van der Waals surface area contributed by atoms with Crippen molar-refractivity contribution < 1.29 is 9.13 Å². The Bertz CT molecular complexity index is 1670. The number of hydrogen-bond donors (Lipinski definition) is 1. The highest BCUT2D eigenvalue weighted by atomic mass is 19.1. The van der Waals surface area contributed by atoms with E-state index in [2.05, 4.69) is 16.4 Å². The molecule has 0 saturated heterocycles. The molecule has 5 rings (SSSR count). The van der Waals surface area contributed by atoms with E-state index in [0.717, 1.165) is 22.4 Å². The van der Waals surface area contributed by atoms with Crippen LogP contribution in [-0.4, -0.2) is 21.2 Å². The molecule has 188 valence electrons. The zero-order valence-electron chi connectivity index (χ0n) is 20.6. The minimum atomic E-state index is -0.389. The molecule has 0 unspecified atom stereocenters. The summed E-state index contributed by atoms with van der Waals surface area (Å²) < 4.78 is 22.0. The Kier molecular flexibility index (Phi) is 7.00. The van der Waals surface area contributed by atoms with Gasteiger partial charge >= 0.3 is 5.69 Å². The third kappa shape index (κ3) is 5.18. The normalized spacial score (nSPS) is 10.7. The Morgan fingerprint density at radius 3 is 2.53 bits per heavy atom. The van der Waals surface area contributed by atoms with E-state index in [0.29, 0.717) is 29.3 Å². The van der Waals surface area contributed by atoms with Gasteiger partial charge in [0.15, 0.2) is 0 Å². The average Bonchev–Trinajstić information content (AvgIpc) is 3.28. The average molecular weight is 506 g/mol. The van der Waals surface area contributed by atoms with Crippen molar-refractivity contribution in [3.63, 3.8) is 0 Å². The van der Waals surface area contributed by atoms with E-state index in [-0.39, 0.29) is 18.1 Å². The van der Waals surface area contributed by atoms with Crippen molar-refractivity contribution in [1.29, 1.82) is 5.26 Å². The van der Waals surface area contributed by atoms with E-state index in [9.17, 15) is 14.4 Å². The maximum atomic E-state index is 13.7. The zero-order chi connectivity index (χ0) is 26.5. The SMILES string of the molecule is COc1ccc(CNc2cc(-c3cn(Cc4ccccc4C#N)c(=O)n3-c3ccc(F)cc3)ccn2)cc1. The molecule has 0 spiro atoms. The van der Waals surface area contributed by atoms with Crippen molar-refractivity contribution in [1.82, 2.24) is 14.1 Å². The predicted molar refractivity (Wildman–Crippen MR) is 144 cm³/mol. The van der Waals surface area contributed by atoms with Crippen molar-refractivity contribution in [2.45, 2.75) is 13.1 Å². The van der Waals surface area contributed by atoms with Gasteiger partial charge in [-0.1, -0.05) is 30.3 Å². The fourth-order valence-electron chi connectivity index (χ4n) is 4.22. The van der Waals surface area contributed by atoms with Gasteiger partial charge in [0, 0.05) is 24.5 Å². The van der Waals surface area contributed by atoms with Crippen LogP contribution in [-0.2, 0) is 13.1 Å². The van der Waals surface area contributed by atoms with Crippen molar-refractivity contribution in [3.8, 4) is 28.8 Å². The molecule has 7 nitrogen and oxygen atoms in total. The molecule has 0 saturated carbocycles. The number of imidazole rings is 1. The highest BCUT2D eigenvalue weighted by Crippen LogP contribution is 2.25. The van der Waals surface area contributed by atoms with Crippen LogP contribution < -0.4 is 15.7 Å². The molecule has 0 radical (unpaired) electrons. The first-order valence-electron chi connectivity index (χ1n) is 11.9. The van der Waals surface area contributed by atoms with E-state index in [4.69, 9.17) is 4.74 Å². The van der Waals surface area contributed by atoms with Crippen LogP contribution in [0.5, 0.6) is 5.75 Å². The number of pyridine rings is 1. The second kappa shape index (κ2) is 10.8. The number of halogens is 1. The monoisotopic (exact) mass is 505 g/mol. The van der Waals surface area contributed by atoms with Gasteiger partial charge in [-0.3, -0.25) is 9.13 Å². The summed E-state index contributed by atoms with van der Waals surface area (Å²) in [6, 6.07) is 26.6. The highest BCUT2D eigenvalue weighted by molar-refractivity contribution is 5.65. The molecule has 1 N–H and O–H groups in total. The fraction of sp³-hybridized carbons (Fsp3) is 0.100. The largest absolute Gasteiger partial charge is 0.497 e. The lowest BCUT2D eigenvalue weighted by Gasteiger charge is -2.10. The Balaban J connectivity index is 1.52. The number of hydrogen-bond acceptors (Lipinski definition) is 5. The highest BCUT2D eigenvalue weighted by Gasteiger charge is 2.17. The molecule has 0 aliphatic rings. The van der Waals surface area contributed by atoms with Crippen LogP contribution in [0.1, 0.15) is 16.7 Å². The first-order valence-corrected chi connectivity index (χ1v) is 11.9. The number of rotatable bonds is 8. The van der Waals surface area contributed by atoms with E-state index in [1.54, 1.807) is 48.3 Å². The smallest absolute Gasteiger partial charge is 0.333 e. The molecule has 5 aromatic rings. The quantitative estimate of drug-likeness (QED) is 0.306. The molecule has 0 bridgehead atoms. The maximum absolute atomic E-state index is 13.7. The zero-order valence-corrected chi connectivity index (χ0v) is 20.6. The number of anilines is 1.